The fraction of sp³-hybridized carbons (Fsp3) is 0.545. The molecule has 43 heavy (non-hydrogen) atoms. The zero-order valence-corrected chi connectivity index (χ0v) is 28.6. The van der Waals surface area contributed by atoms with Gasteiger partial charge in [0.1, 0.15) is 35.1 Å². The van der Waals surface area contributed by atoms with E-state index in [2.05, 4.69) is 45.3 Å². The van der Waals surface area contributed by atoms with E-state index in [0.29, 0.717) is 0 Å². The second-order valence-corrected chi connectivity index (χ2v) is 13.3. The minimum absolute atomic E-state index is 0.0167. The number of aliphatic hydroxyl groups excluding tert-OH is 1. The number of carbonyl (C=O) groups is 5. The minimum atomic E-state index is -1.14. The Morgan fingerprint density at radius 3 is 1.95 bits per heavy atom. The van der Waals surface area contributed by atoms with Crippen molar-refractivity contribution in [2.45, 2.75) is 24.2 Å². The van der Waals surface area contributed by atoms with Crippen LogP contribution in [0.15, 0.2) is 0 Å². The minimum Gasteiger partial charge on any atom is -0.484 e. The zero-order valence-electron chi connectivity index (χ0n) is 22.7. The molecule has 2 amide bonds. The van der Waals surface area contributed by atoms with E-state index in [-0.39, 0.29) is 58.3 Å². The summed E-state index contributed by atoms with van der Waals surface area (Å²) in [7, 11) is 4.65. The fourth-order valence-electron chi connectivity index (χ4n) is 3.02. The fourth-order valence-corrected chi connectivity index (χ4v) is 7.85. The monoisotopic (exact) mass is 734 g/mol. The summed E-state index contributed by atoms with van der Waals surface area (Å²) >= 11 is 14.4. The Kier molecular flexibility index (Phi) is 17.4. The summed E-state index contributed by atoms with van der Waals surface area (Å²) in [5.74, 6) is -2.64. The molecule has 14 nitrogen and oxygen atoms in total. The zero-order chi connectivity index (χ0) is 31.9. The molecule has 0 aliphatic carbocycles. The number of rotatable bonds is 19. The van der Waals surface area contributed by atoms with Crippen molar-refractivity contribution in [3.05, 3.63) is 9.75 Å². The molecule has 0 radical (unpaired) electrons. The average molecular weight is 735 g/mol. The number of esters is 2. The Labute approximate surface area is 280 Å². The number of hydrogen-bond donors (Lipinski definition) is 7. The number of ether oxygens (including phenoxy) is 4. The van der Waals surface area contributed by atoms with Gasteiger partial charge in [0.05, 0.1) is 32.9 Å². The molecule has 240 valence electrons. The van der Waals surface area contributed by atoms with Crippen LogP contribution in [-0.4, -0.2) is 115 Å². The summed E-state index contributed by atoms with van der Waals surface area (Å²) in [5.41, 5.74) is 0. The van der Waals surface area contributed by atoms with E-state index < -0.39 is 53.0 Å². The maximum absolute atomic E-state index is 13.3. The summed E-state index contributed by atoms with van der Waals surface area (Å²) in [4.78, 5) is 62.8. The predicted molar refractivity (Wildman–Crippen MR) is 177 cm³/mol. The molecule has 0 saturated heterocycles. The van der Waals surface area contributed by atoms with Crippen LogP contribution in [-0.2, 0) is 23.9 Å². The van der Waals surface area contributed by atoms with Crippen molar-refractivity contribution in [2.75, 3.05) is 51.3 Å². The molecule has 1 aliphatic rings. The lowest BCUT2D eigenvalue weighted by atomic mass is 10.2. The Hall–Kier alpha value is -1.43. The van der Waals surface area contributed by atoms with Gasteiger partial charge in [0.25, 0.3) is 11.8 Å². The standard InChI is InChI=1S/C22H30N4O10S7/c1-33-20(30)12(8-40-26-11(7-38)22(32)39)23-18(28)16-14-15(36-4-3-35-14)17(42-16)19(29)24-13(21(31)34-2)9-41-43-25-10(5-27)6-37/h6,10-13,25-27,38H,3-5,7-9H2,1-2H3,(H,23,28)(H,24,29)(H,32,39)/t10-,11+,12?,13?/m1/s1. The van der Waals surface area contributed by atoms with Crippen LogP contribution in [0.25, 0.3) is 0 Å². The van der Waals surface area contributed by atoms with Crippen LogP contribution < -0.4 is 29.6 Å². The number of thiol groups is 2. The molecular weight excluding hydrogens is 705 g/mol. The Balaban J connectivity index is 2.19. The Bertz CT molecular complexity index is 1160. The number of hydrogen-bond acceptors (Lipinski definition) is 18. The van der Waals surface area contributed by atoms with E-state index >= 15 is 0 Å². The van der Waals surface area contributed by atoms with Gasteiger partial charge in [0, 0.05) is 17.3 Å². The van der Waals surface area contributed by atoms with Crippen LogP contribution in [0.5, 0.6) is 11.5 Å². The normalized spacial score (nSPS) is 14.9. The number of amides is 2. The van der Waals surface area contributed by atoms with Crippen molar-refractivity contribution in [2.24, 2.45) is 0 Å². The number of methoxy groups -OCH3 is 2. The third-order valence-corrected chi connectivity index (χ3v) is 10.3. The van der Waals surface area contributed by atoms with Crippen LogP contribution in [0.3, 0.4) is 0 Å². The maximum atomic E-state index is 13.3. The van der Waals surface area contributed by atoms with Gasteiger partial charge in [-0.05, 0) is 16.3 Å². The first-order chi connectivity index (χ1) is 20.6. The van der Waals surface area contributed by atoms with Gasteiger partial charge in [-0.2, -0.15) is 12.6 Å². The van der Waals surface area contributed by atoms with Crippen molar-refractivity contribution in [3.63, 3.8) is 0 Å². The Morgan fingerprint density at radius 1 is 0.977 bits per heavy atom. The highest BCUT2D eigenvalue weighted by Crippen LogP contribution is 2.44. The van der Waals surface area contributed by atoms with Crippen molar-refractivity contribution < 1.29 is 48.0 Å². The molecule has 0 saturated carbocycles. The summed E-state index contributed by atoms with van der Waals surface area (Å²) in [6.45, 7) is 0.00851. The first kappa shape index (κ1) is 37.8. The van der Waals surface area contributed by atoms with Crippen molar-refractivity contribution in [1.82, 2.24) is 20.1 Å². The third kappa shape index (κ3) is 11.5. The number of aliphatic hydroxyl groups is 1. The van der Waals surface area contributed by atoms with E-state index in [9.17, 15) is 29.1 Å². The van der Waals surface area contributed by atoms with Gasteiger partial charge in [-0.25, -0.2) is 14.3 Å². The topological polar surface area (TPSA) is 191 Å². The summed E-state index contributed by atoms with van der Waals surface area (Å²) < 4.78 is 26.6. The lowest BCUT2D eigenvalue weighted by Crippen LogP contribution is -2.44. The highest BCUT2D eigenvalue weighted by Gasteiger charge is 2.35. The molecule has 2 heterocycles. The van der Waals surface area contributed by atoms with Crippen LogP contribution in [0.4, 0.5) is 0 Å². The molecule has 0 fully saturated rings. The molecule has 21 heteroatoms. The molecule has 1 aromatic rings. The van der Waals surface area contributed by atoms with Gasteiger partial charge >= 0.3 is 11.9 Å². The number of fused-ring (bicyclic) bond motifs is 1. The SMILES string of the molecule is COC(=O)C(CSN[C@@H](CS)C(=O)S)NC(=O)c1sc(C(=O)NC(CSSN[C@@H](C=S)CO)C(=O)OC)c2c1OCCO2. The van der Waals surface area contributed by atoms with Gasteiger partial charge in [0.2, 0.25) is 5.12 Å². The van der Waals surface area contributed by atoms with Crippen LogP contribution >= 0.6 is 82.5 Å². The molecule has 5 N–H and O–H groups in total. The number of carbonyl (C=O) groups excluding carboxylic acids is 5. The molecule has 0 bridgehead atoms. The van der Waals surface area contributed by atoms with Gasteiger partial charge in [-0.3, -0.25) is 19.1 Å². The molecule has 4 atom stereocenters. The largest absolute Gasteiger partial charge is 0.484 e. The van der Waals surface area contributed by atoms with E-state index in [1.807, 2.05) is 0 Å². The quantitative estimate of drug-likeness (QED) is 0.0256. The second kappa shape index (κ2) is 19.9. The lowest BCUT2D eigenvalue weighted by Gasteiger charge is -2.19. The summed E-state index contributed by atoms with van der Waals surface area (Å²) in [6.07, 6.45) is 0. The number of thiocarbonyl (C=S) groups is 1. The van der Waals surface area contributed by atoms with Crippen LogP contribution in [0, 0.1) is 0 Å². The van der Waals surface area contributed by atoms with Crippen LogP contribution in [0.2, 0.25) is 0 Å². The van der Waals surface area contributed by atoms with E-state index in [0.717, 1.165) is 41.4 Å². The van der Waals surface area contributed by atoms with E-state index in [1.165, 1.54) is 23.3 Å². The van der Waals surface area contributed by atoms with E-state index in [1.54, 1.807) is 0 Å². The second-order valence-electron chi connectivity index (χ2n) is 8.13. The number of nitrogens with one attached hydrogen (secondary N) is 4. The third-order valence-electron chi connectivity index (χ3n) is 5.20. The first-order valence-corrected chi connectivity index (χ1v) is 17.8. The Morgan fingerprint density at radius 2 is 1.51 bits per heavy atom. The van der Waals surface area contributed by atoms with Gasteiger partial charge < -0.3 is 34.7 Å². The van der Waals surface area contributed by atoms with Gasteiger partial charge in [-0.1, -0.05) is 35.0 Å². The van der Waals surface area contributed by atoms with Gasteiger partial charge in [0.15, 0.2) is 11.5 Å². The number of thiophene rings is 1. The molecule has 1 aliphatic heterocycles. The first-order valence-electron chi connectivity index (χ1n) is 12.1. The van der Waals surface area contributed by atoms with Crippen molar-refractivity contribution in [1.29, 1.82) is 0 Å². The molecule has 1 aromatic heterocycles. The summed E-state index contributed by atoms with van der Waals surface area (Å²) in [5, 5.41) is 15.3. The van der Waals surface area contributed by atoms with Gasteiger partial charge in [-0.15, -0.1) is 24.0 Å². The molecular formula is C22H30N4O10S7. The lowest BCUT2D eigenvalue weighted by molar-refractivity contribution is -0.143. The van der Waals surface area contributed by atoms with E-state index in [4.69, 9.17) is 31.2 Å². The molecule has 2 rings (SSSR count). The smallest absolute Gasteiger partial charge is 0.329 e. The van der Waals surface area contributed by atoms with Crippen molar-refractivity contribution in [3.8, 4) is 11.5 Å². The highest BCUT2D eigenvalue weighted by atomic mass is 33.1. The maximum Gasteiger partial charge on any atom is 0.329 e. The van der Waals surface area contributed by atoms with Crippen LogP contribution in [0.1, 0.15) is 19.3 Å². The van der Waals surface area contributed by atoms with Crippen molar-refractivity contribution >= 4 is 117 Å². The average Bonchev–Trinajstić information content (AvgIpc) is 3.41. The highest BCUT2D eigenvalue weighted by molar-refractivity contribution is 8.76. The molecule has 0 aromatic carbocycles. The molecule has 2 unspecified atom stereocenters. The summed E-state index contributed by atoms with van der Waals surface area (Å²) in [6, 6.07) is -3.34. The molecule has 0 spiro atoms. The predicted octanol–water partition coefficient (Wildman–Crippen LogP) is 0.301.